The van der Waals surface area contributed by atoms with Crippen molar-refractivity contribution in [2.45, 2.75) is 57.2 Å². The highest BCUT2D eigenvalue weighted by Crippen LogP contribution is 2.53. The number of primary amides is 1. The minimum atomic E-state index is -2.59. The molecule has 0 bridgehead atoms. The Balaban J connectivity index is 1.37. The smallest absolute Gasteiger partial charge is 0.255 e. The topological polar surface area (TPSA) is 161 Å². The molecular weight excluding hydrogens is 548 g/mol. The van der Waals surface area contributed by atoms with Crippen molar-refractivity contribution in [3.8, 4) is 5.75 Å². The summed E-state index contributed by atoms with van der Waals surface area (Å²) in [5.74, 6) is -6.57. The molecule has 0 radical (unpaired) electrons. The lowest BCUT2D eigenvalue weighted by Crippen LogP contribution is -2.58. The first-order valence-corrected chi connectivity index (χ1v) is 14.2. The van der Waals surface area contributed by atoms with Gasteiger partial charge in [0.15, 0.2) is 11.4 Å². The number of benzene rings is 2. The number of carbonyl (C=O) groups excluding carboxylic acids is 3. The van der Waals surface area contributed by atoms with Crippen LogP contribution < -0.4 is 5.73 Å². The molecule has 9 nitrogen and oxygen atoms in total. The minimum Gasteiger partial charge on any atom is -0.508 e. The van der Waals surface area contributed by atoms with E-state index < -0.39 is 52.0 Å². The van der Waals surface area contributed by atoms with E-state index in [9.17, 15) is 34.8 Å². The monoisotopic (exact) mass is 578 g/mol. The second-order valence-electron chi connectivity index (χ2n) is 11.5. The van der Waals surface area contributed by atoms with Gasteiger partial charge < -0.3 is 26.2 Å². The van der Waals surface area contributed by atoms with Gasteiger partial charge in [-0.1, -0.05) is 42.8 Å². The number of ketones is 2. The Bertz CT molecular complexity index is 1570. The minimum absolute atomic E-state index is 0.00204. The van der Waals surface area contributed by atoms with Crippen LogP contribution in [0, 0.1) is 11.8 Å². The summed E-state index contributed by atoms with van der Waals surface area (Å²) in [6, 6.07) is 10.1. The summed E-state index contributed by atoms with van der Waals surface area (Å²) >= 11 is 6.93. The third kappa shape index (κ3) is 4.01. The van der Waals surface area contributed by atoms with Crippen molar-refractivity contribution in [1.82, 2.24) is 4.90 Å². The van der Waals surface area contributed by atoms with Gasteiger partial charge in [0.25, 0.3) is 5.91 Å². The lowest BCUT2D eigenvalue weighted by Gasteiger charge is -2.46. The van der Waals surface area contributed by atoms with E-state index in [4.69, 9.17) is 17.3 Å². The molecule has 1 fully saturated rings. The van der Waals surface area contributed by atoms with Crippen LogP contribution in [0.2, 0.25) is 5.02 Å². The van der Waals surface area contributed by atoms with Crippen molar-refractivity contribution < 1.29 is 34.8 Å². The van der Waals surface area contributed by atoms with Crippen LogP contribution >= 0.6 is 11.6 Å². The molecule has 214 valence electrons. The van der Waals surface area contributed by atoms with E-state index in [-0.39, 0.29) is 42.2 Å². The fraction of sp³-hybridized carbons (Fsp3) is 0.387. The number of hydrogen-bond acceptors (Lipinski definition) is 8. The molecule has 6 rings (SSSR count). The van der Waals surface area contributed by atoms with Crippen molar-refractivity contribution in [2.75, 3.05) is 6.54 Å². The molecule has 41 heavy (non-hydrogen) atoms. The van der Waals surface area contributed by atoms with Gasteiger partial charge in [-0.25, -0.2) is 0 Å². The maximum absolute atomic E-state index is 13.7. The molecule has 4 aliphatic carbocycles. The molecule has 2 aromatic rings. The number of aliphatic hydroxyl groups excluding tert-OH is 2. The molecule has 6 N–H and O–H groups in total. The highest BCUT2D eigenvalue weighted by atomic mass is 35.5. The zero-order chi connectivity index (χ0) is 29.4. The first kappa shape index (κ1) is 27.5. The maximum Gasteiger partial charge on any atom is 0.255 e. The molecule has 0 aromatic heterocycles. The van der Waals surface area contributed by atoms with E-state index >= 15 is 0 Å². The van der Waals surface area contributed by atoms with Crippen molar-refractivity contribution >= 4 is 34.8 Å². The average Bonchev–Trinajstić information content (AvgIpc) is 3.35. The average molecular weight is 579 g/mol. The number of hydrogen-bond donors (Lipinski definition) is 5. The van der Waals surface area contributed by atoms with Crippen LogP contribution in [0.3, 0.4) is 0 Å². The number of nitrogens with two attached hydrogens (primary N) is 1. The molecule has 2 aromatic carbocycles. The number of nitrogens with zero attached hydrogens (tertiary/aromatic N) is 1. The quantitative estimate of drug-likeness (QED) is 0.338. The SMILES string of the molecule is CCN(Cc1cc(O)c2c(c1Cl)CC1C[C@H]3CC(=O)C(C(N)=O)=C(O)[C@@]3(O)C(=O)C1=C2O)C1Cc2ccccc2C1. The summed E-state index contributed by atoms with van der Waals surface area (Å²) in [4.78, 5) is 40.3. The van der Waals surface area contributed by atoms with Crippen molar-refractivity contribution in [3.05, 3.63) is 80.1 Å². The molecule has 0 spiro atoms. The van der Waals surface area contributed by atoms with E-state index in [0.717, 1.165) is 19.4 Å². The van der Waals surface area contributed by atoms with Gasteiger partial charge in [0.1, 0.15) is 22.8 Å². The summed E-state index contributed by atoms with van der Waals surface area (Å²) in [6.45, 7) is 3.31. The fourth-order valence-corrected chi connectivity index (χ4v) is 7.64. The number of amides is 1. The molecule has 1 unspecified atom stereocenters. The highest BCUT2D eigenvalue weighted by molar-refractivity contribution is 6.32. The van der Waals surface area contributed by atoms with E-state index in [1.165, 1.54) is 17.2 Å². The highest BCUT2D eigenvalue weighted by Gasteiger charge is 2.60. The number of carbonyl (C=O) groups is 3. The van der Waals surface area contributed by atoms with Crippen LogP contribution in [0.1, 0.15) is 47.6 Å². The Kier molecular flexibility index (Phi) is 6.52. The fourth-order valence-electron chi connectivity index (χ4n) is 7.35. The van der Waals surface area contributed by atoms with E-state index in [2.05, 4.69) is 24.0 Å². The normalized spacial score (nSPS) is 25.8. The number of fused-ring (bicyclic) bond motifs is 4. The number of phenols is 1. The Hall–Kier alpha value is -3.66. The van der Waals surface area contributed by atoms with Crippen LogP contribution in [0.5, 0.6) is 5.75 Å². The van der Waals surface area contributed by atoms with Gasteiger partial charge in [0.2, 0.25) is 5.78 Å². The lowest BCUT2D eigenvalue weighted by molar-refractivity contribution is -0.147. The van der Waals surface area contributed by atoms with Gasteiger partial charge in [-0.05, 0) is 66.5 Å². The molecule has 3 atom stereocenters. The lowest BCUT2D eigenvalue weighted by atomic mass is 9.59. The van der Waals surface area contributed by atoms with Gasteiger partial charge in [-0.3, -0.25) is 19.3 Å². The Morgan fingerprint density at radius 3 is 2.37 bits per heavy atom. The molecule has 0 heterocycles. The van der Waals surface area contributed by atoms with Gasteiger partial charge in [-0.2, -0.15) is 0 Å². The van der Waals surface area contributed by atoms with Gasteiger partial charge >= 0.3 is 0 Å². The second kappa shape index (κ2) is 9.72. The van der Waals surface area contributed by atoms with E-state index in [0.29, 0.717) is 22.7 Å². The number of likely N-dealkylation sites (N-methyl/N-ethyl adjacent to an activating group) is 1. The number of halogens is 1. The Morgan fingerprint density at radius 2 is 1.76 bits per heavy atom. The number of rotatable bonds is 5. The maximum atomic E-state index is 13.7. The third-order valence-electron chi connectivity index (χ3n) is 9.40. The summed E-state index contributed by atoms with van der Waals surface area (Å²) in [6.07, 6.45) is 1.70. The first-order valence-electron chi connectivity index (χ1n) is 13.8. The number of aliphatic hydroxyl groups is 3. The number of aromatic hydroxyl groups is 1. The van der Waals surface area contributed by atoms with Gasteiger partial charge in [0, 0.05) is 35.5 Å². The Morgan fingerprint density at radius 1 is 1.10 bits per heavy atom. The van der Waals surface area contributed by atoms with Crippen LogP contribution in [-0.4, -0.2) is 61.0 Å². The largest absolute Gasteiger partial charge is 0.508 e. The summed E-state index contributed by atoms with van der Waals surface area (Å²) < 4.78 is 0. The third-order valence-corrected chi connectivity index (χ3v) is 9.87. The standard InChI is InChI=1S/C31H31ClN2O7/c1-2-34(19-8-14-5-3-4-6-15(14)9-19)13-17-11-21(35)24-20(26(17)32)10-16-7-18-12-22(36)25(30(33)40)29(39)31(18,41)28(38)23(16)27(24)37/h3-6,11,16,18-19,35,37,39,41H,2,7-10,12-13H2,1H3,(H2,33,40)/t16?,18-,31-/m0/s1. The van der Waals surface area contributed by atoms with Crippen molar-refractivity contribution in [2.24, 2.45) is 17.6 Å². The first-order chi connectivity index (χ1) is 19.5. The van der Waals surface area contributed by atoms with E-state index in [1.54, 1.807) is 0 Å². The molecule has 0 saturated heterocycles. The molecule has 4 aliphatic rings. The van der Waals surface area contributed by atoms with Crippen LogP contribution in [0.4, 0.5) is 0 Å². The zero-order valence-corrected chi connectivity index (χ0v) is 23.2. The van der Waals surface area contributed by atoms with Crippen molar-refractivity contribution in [3.63, 3.8) is 0 Å². The number of phenolic OH excluding ortho intramolecular Hbond substituents is 1. The second-order valence-corrected chi connectivity index (χ2v) is 11.9. The molecule has 10 heteroatoms. The summed E-state index contributed by atoms with van der Waals surface area (Å²) in [5, 5.41) is 44.9. The van der Waals surface area contributed by atoms with Gasteiger partial charge in [0.05, 0.1) is 5.56 Å². The zero-order valence-electron chi connectivity index (χ0n) is 22.5. The van der Waals surface area contributed by atoms with Crippen LogP contribution in [0.25, 0.3) is 5.76 Å². The molecule has 1 saturated carbocycles. The van der Waals surface area contributed by atoms with Crippen LogP contribution in [0.15, 0.2) is 47.2 Å². The summed E-state index contributed by atoms with van der Waals surface area (Å²) in [7, 11) is 0. The number of Topliss-reactive ketones (excluding diaryl/α,β-unsaturated/α-hetero) is 2. The van der Waals surface area contributed by atoms with E-state index in [1.807, 2.05) is 12.1 Å². The molecular formula is C31H31ClN2O7. The molecule has 1 amide bonds. The van der Waals surface area contributed by atoms with Crippen LogP contribution in [-0.2, 0) is 40.2 Å². The van der Waals surface area contributed by atoms with Crippen molar-refractivity contribution in [1.29, 1.82) is 0 Å². The molecule has 0 aliphatic heterocycles. The predicted octanol–water partition coefficient (Wildman–Crippen LogP) is 3.07. The summed E-state index contributed by atoms with van der Waals surface area (Å²) in [5.41, 5.74) is 5.48. The predicted molar refractivity (Wildman–Crippen MR) is 150 cm³/mol. The Labute approximate surface area is 241 Å². The van der Waals surface area contributed by atoms with Gasteiger partial charge in [-0.15, -0.1) is 0 Å².